The number of aromatic nitrogens is 1. The van der Waals surface area contributed by atoms with E-state index in [0.29, 0.717) is 17.6 Å². The van der Waals surface area contributed by atoms with Crippen LogP contribution in [0.25, 0.3) is 10.2 Å². The lowest BCUT2D eigenvalue weighted by Crippen LogP contribution is -2.34. The number of nitrogens with two attached hydrogens (primary N) is 1. The molecule has 1 fully saturated rings. The van der Waals surface area contributed by atoms with Gasteiger partial charge < -0.3 is 11.1 Å². The highest BCUT2D eigenvalue weighted by molar-refractivity contribution is 7.22. The molecule has 0 bridgehead atoms. The molecule has 28 heavy (non-hydrogen) atoms. The quantitative estimate of drug-likeness (QED) is 0.512. The van der Waals surface area contributed by atoms with Gasteiger partial charge in [-0.2, -0.15) is 5.11 Å². The van der Waals surface area contributed by atoms with Gasteiger partial charge in [-0.15, -0.1) is 0 Å². The molecule has 0 radical (unpaired) electrons. The van der Waals surface area contributed by atoms with E-state index in [1.165, 1.54) is 10.3 Å². The predicted octanol–water partition coefficient (Wildman–Crippen LogP) is 5.04. The Morgan fingerprint density at radius 2 is 2.00 bits per heavy atom. The molecule has 2 aromatic carbocycles. The number of rotatable bonds is 6. The van der Waals surface area contributed by atoms with Gasteiger partial charge in [0.05, 0.1) is 15.9 Å². The first-order valence-electron chi connectivity index (χ1n) is 9.48. The number of benzene rings is 2. The average Bonchev–Trinajstić information content (AvgIpc) is 3.12. The summed E-state index contributed by atoms with van der Waals surface area (Å²) in [6.07, 6.45) is 3.98. The molecule has 1 aromatic heterocycles. The van der Waals surface area contributed by atoms with Crippen molar-refractivity contribution in [2.75, 3.05) is 30.7 Å². The van der Waals surface area contributed by atoms with Crippen LogP contribution in [0.5, 0.6) is 0 Å². The van der Waals surface area contributed by atoms with Crippen molar-refractivity contribution in [2.45, 2.75) is 18.8 Å². The molecule has 1 aliphatic heterocycles. The van der Waals surface area contributed by atoms with E-state index in [0.717, 1.165) is 42.8 Å². The van der Waals surface area contributed by atoms with Gasteiger partial charge >= 0.3 is 0 Å². The maximum atomic E-state index is 7.48. The summed E-state index contributed by atoms with van der Waals surface area (Å²) in [6.45, 7) is 2.65. The van der Waals surface area contributed by atoms with E-state index in [1.54, 1.807) is 11.3 Å². The summed E-state index contributed by atoms with van der Waals surface area (Å²) in [4.78, 5) is 6.91. The van der Waals surface area contributed by atoms with Crippen LogP contribution in [0, 0.1) is 5.53 Å². The van der Waals surface area contributed by atoms with Crippen LogP contribution in [0.15, 0.2) is 65.5 Å². The minimum atomic E-state index is 0.504. The van der Waals surface area contributed by atoms with Gasteiger partial charge in [0.2, 0.25) is 0 Å². The number of nitrogens with one attached hydrogen (secondary N) is 2. The normalized spacial score (nSPS) is 16.4. The van der Waals surface area contributed by atoms with Gasteiger partial charge in [0.15, 0.2) is 5.13 Å². The zero-order chi connectivity index (χ0) is 19.3. The fourth-order valence-corrected chi connectivity index (χ4v) is 4.53. The first kappa shape index (κ1) is 18.6. The fraction of sp³-hybridized carbons (Fsp3) is 0.286. The van der Waals surface area contributed by atoms with Crippen LogP contribution in [0.1, 0.15) is 24.3 Å². The topological polar surface area (TPSA) is 90.4 Å². The fourth-order valence-electron chi connectivity index (χ4n) is 3.76. The first-order valence-corrected chi connectivity index (χ1v) is 10.3. The van der Waals surface area contributed by atoms with Crippen LogP contribution in [0.3, 0.4) is 0 Å². The molecule has 0 atom stereocenters. The summed E-state index contributed by atoms with van der Waals surface area (Å²) in [6, 6.07) is 16.3. The number of piperidine rings is 1. The number of hydrogen-bond acceptors (Lipinski definition) is 7. The van der Waals surface area contributed by atoms with E-state index in [1.807, 2.05) is 36.5 Å². The molecule has 7 heteroatoms. The highest BCUT2D eigenvalue weighted by Gasteiger charge is 2.23. The number of nitrogens with zero attached hydrogens (tertiary/aromatic N) is 3. The number of nitrogen functional groups attached to an aromatic ring is 1. The van der Waals surface area contributed by atoms with Crippen LogP contribution in [0.2, 0.25) is 0 Å². The van der Waals surface area contributed by atoms with Gasteiger partial charge in [0.1, 0.15) is 0 Å². The molecule has 144 valence electrons. The second kappa shape index (κ2) is 8.50. The third-order valence-electron chi connectivity index (χ3n) is 5.20. The molecule has 4 N–H and O–H groups in total. The molecule has 0 unspecified atom stereocenters. The third-order valence-corrected chi connectivity index (χ3v) is 6.05. The molecule has 0 aliphatic carbocycles. The average molecular weight is 393 g/mol. The van der Waals surface area contributed by atoms with Crippen LogP contribution >= 0.6 is 11.3 Å². The Morgan fingerprint density at radius 3 is 2.75 bits per heavy atom. The highest BCUT2D eigenvalue weighted by atomic mass is 32.1. The number of anilines is 2. The summed E-state index contributed by atoms with van der Waals surface area (Å²) in [5, 5.41) is 7.56. The largest absolute Gasteiger partial charge is 0.375 e. The van der Waals surface area contributed by atoms with Crippen LogP contribution < -0.4 is 11.1 Å². The summed E-state index contributed by atoms with van der Waals surface area (Å²) in [5.41, 5.74) is 17.5. The van der Waals surface area contributed by atoms with Crippen molar-refractivity contribution in [3.05, 3.63) is 66.0 Å². The van der Waals surface area contributed by atoms with E-state index in [4.69, 9.17) is 11.3 Å². The minimum absolute atomic E-state index is 0.504. The maximum Gasteiger partial charge on any atom is 0.181 e. The molecule has 4 rings (SSSR count). The Balaban J connectivity index is 1.37. The number of hydrogen-bond donors (Lipinski definition) is 3. The smallest absolute Gasteiger partial charge is 0.181 e. The molecule has 3 aromatic rings. The van der Waals surface area contributed by atoms with E-state index in [-0.39, 0.29) is 0 Å². The maximum absolute atomic E-state index is 7.48. The third kappa shape index (κ3) is 4.21. The molecule has 2 heterocycles. The molecular weight excluding hydrogens is 368 g/mol. The Hall–Kier alpha value is -2.77. The van der Waals surface area contributed by atoms with Crippen LogP contribution in [-0.2, 0) is 0 Å². The lowest BCUT2D eigenvalue weighted by Gasteiger charge is -2.32. The number of para-hydroxylation sites is 2. The standard InChI is InChI=1S/C21H24N6S/c22-21-25-20-18(7-4-8-19(20)28-21)15-9-11-27(12-10-15)14-17(26-23)13-24-16-5-2-1-3-6-16/h1-8,13,15,23-24H,9-12,14H2,(H2,22,25)/b17-13-,26-23?. The van der Waals surface area contributed by atoms with Crippen molar-refractivity contribution in [3.8, 4) is 0 Å². The van der Waals surface area contributed by atoms with Crippen molar-refractivity contribution in [1.82, 2.24) is 9.88 Å². The van der Waals surface area contributed by atoms with Gasteiger partial charge in [-0.25, -0.2) is 10.5 Å². The van der Waals surface area contributed by atoms with Crippen molar-refractivity contribution < 1.29 is 0 Å². The van der Waals surface area contributed by atoms with E-state index < -0.39 is 0 Å². The number of fused-ring (bicyclic) bond motifs is 1. The summed E-state index contributed by atoms with van der Waals surface area (Å²) in [7, 11) is 0. The van der Waals surface area contributed by atoms with E-state index in [2.05, 4.69) is 38.5 Å². The summed E-state index contributed by atoms with van der Waals surface area (Å²) >= 11 is 1.55. The molecule has 1 saturated heterocycles. The van der Waals surface area contributed by atoms with Crippen LogP contribution in [0.4, 0.5) is 10.8 Å². The Labute approximate surface area is 168 Å². The van der Waals surface area contributed by atoms with E-state index >= 15 is 0 Å². The van der Waals surface area contributed by atoms with Gasteiger partial charge in [-0.3, -0.25) is 4.90 Å². The predicted molar refractivity (Wildman–Crippen MR) is 116 cm³/mol. The molecule has 0 spiro atoms. The molecule has 1 aliphatic rings. The molecule has 0 saturated carbocycles. The van der Waals surface area contributed by atoms with Gasteiger partial charge in [0, 0.05) is 18.4 Å². The Kier molecular flexibility index (Phi) is 5.64. The summed E-state index contributed by atoms with van der Waals surface area (Å²) in [5.74, 6) is 0.504. The van der Waals surface area contributed by atoms with Crippen molar-refractivity contribution >= 4 is 32.4 Å². The van der Waals surface area contributed by atoms with Gasteiger partial charge in [-0.05, 0) is 55.6 Å². The van der Waals surface area contributed by atoms with Crippen molar-refractivity contribution in [2.24, 2.45) is 5.11 Å². The van der Waals surface area contributed by atoms with E-state index in [9.17, 15) is 0 Å². The lowest BCUT2D eigenvalue weighted by atomic mass is 9.89. The number of likely N-dealkylation sites (tertiary alicyclic amines) is 1. The van der Waals surface area contributed by atoms with Crippen molar-refractivity contribution in [1.29, 1.82) is 5.53 Å². The van der Waals surface area contributed by atoms with Crippen LogP contribution in [-0.4, -0.2) is 29.5 Å². The van der Waals surface area contributed by atoms with Gasteiger partial charge in [-0.1, -0.05) is 41.7 Å². The number of thiazole rings is 1. The first-order chi connectivity index (χ1) is 13.7. The molecular formula is C21H24N6S. The second-order valence-corrected chi connectivity index (χ2v) is 8.12. The Morgan fingerprint density at radius 1 is 1.21 bits per heavy atom. The zero-order valence-corrected chi connectivity index (χ0v) is 16.5. The lowest BCUT2D eigenvalue weighted by molar-refractivity contribution is 0.227. The Bertz CT molecular complexity index is 973. The van der Waals surface area contributed by atoms with Crippen molar-refractivity contribution in [3.63, 3.8) is 0 Å². The summed E-state index contributed by atoms with van der Waals surface area (Å²) < 4.78 is 1.17. The monoisotopic (exact) mass is 392 g/mol. The molecule has 6 nitrogen and oxygen atoms in total. The van der Waals surface area contributed by atoms with Gasteiger partial charge in [0.25, 0.3) is 0 Å². The molecule has 0 amide bonds. The SMILES string of the molecule is N=N/C(=C\Nc1ccccc1)CN1CCC(c2cccc3sc(N)nc23)CC1. The zero-order valence-electron chi connectivity index (χ0n) is 15.6. The minimum Gasteiger partial charge on any atom is -0.375 e. The second-order valence-electron chi connectivity index (χ2n) is 7.05. The highest BCUT2D eigenvalue weighted by Crippen LogP contribution is 2.35.